The van der Waals surface area contributed by atoms with Gasteiger partial charge in [0.2, 0.25) is 17.7 Å². The van der Waals surface area contributed by atoms with Crippen LogP contribution < -0.4 is 5.32 Å². The minimum Gasteiger partial charge on any atom is -0.413 e. The van der Waals surface area contributed by atoms with Gasteiger partial charge in [0, 0.05) is 12.0 Å². The largest absolute Gasteiger partial charge is 0.413 e. The fraction of sp³-hybridized carbons (Fsp3) is 0.850. The van der Waals surface area contributed by atoms with Gasteiger partial charge in [-0.1, -0.05) is 27.7 Å². The van der Waals surface area contributed by atoms with Gasteiger partial charge in [0.15, 0.2) is 8.32 Å². The van der Waals surface area contributed by atoms with E-state index < -0.39 is 19.8 Å². The van der Waals surface area contributed by atoms with E-state index >= 15 is 0 Å². The molecule has 154 valence electrons. The highest BCUT2D eigenvalue weighted by Crippen LogP contribution is 2.40. The first-order chi connectivity index (χ1) is 12.1. The van der Waals surface area contributed by atoms with E-state index in [0.29, 0.717) is 12.8 Å². The summed E-state index contributed by atoms with van der Waals surface area (Å²) < 4.78 is 6.41. The molecular weight excluding hydrogens is 360 g/mol. The third kappa shape index (κ3) is 3.99. The molecule has 0 aromatic heterocycles. The van der Waals surface area contributed by atoms with Crippen molar-refractivity contribution < 1.29 is 18.8 Å². The van der Waals surface area contributed by atoms with E-state index in [-0.39, 0.29) is 40.8 Å². The van der Waals surface area contributed by atoms with Crippen molar-refractivity contribution in [3.8, 4) is 0 Å². The van der Waals surface area contributed by atoms with Crippen LogP contribution in [0.25, 0.3) is 0 Å². The highest BCUT2D eigenvalue weighted by atomic mass is 28.4. The molecule has 0 saturated carbocycles. The summed E-state index contributed by atoms with van der Waals surface area (Å²) in [6.45, 7) is 18.4. The standard InChI is InChI=1S/C20H36N2O4Si/c1-12(18(25)22-14(23)10-11-20(22,6)7)16-15(17(24)21-16)13(2)26-27(8,9)19(3,4)5/h12-13,15-16H,10-11H2,1-9H3,(H,21,24)/t12-,13-,15-,16+/m1/s1. The number of carbonyl (C=O) groups excluding carboxylic acids is 3. The van der Waals surface area contributed by atoms with Crippen molar-refractivity contribution in [2.24, 2.45) is 11.8 Å². The molecule has 0 radical (unpaired) electrons. The van der Waals surface area contributed by atoms with Gasteiger partial charge < -0.3 is 9.74 Å². The van der Waals surface area contributed by atoms with Gasteiger partial charge in [-0.05, 0) is 45.3 Å². The zero-order valence-corrected chi connectivity index (χ0v) is 19.3. The Balaban J connectivity index is 2.13. The molecule has 27 heavy (non-hydrogen) atoms. The van der Waals surface area contributed by atoms with Crippen molar-refractivity contribution in [1.82, 2.24) is 10.2 Å². The highest BCUT2D eigenvalue weighted by Gasteiger charge is 2.53. The molecule has 2 aliphatic rings. The number of carbonyl (C=O) groups is 3. The molecule has 1 N–H and O–H groups in total. The Hall–Kier alpha value is -1.21. The molecule has 2 aliphatic heterocycles. The third-order valence-corrected chi connectivity index (χ3v) is 11.3. The van der Waals surface area contributed by atoms with Gasteiger partial charge in [-0.3, -0.25) is 19.3 Å². The van der Waals surface area contributed by atoms with Crippen molar-refractivity contribution in [3.05, 3.63) is 0 Å². The molecule has 7 heteroatoms. The first-order valence-electron chi connectivity index (χ1n) is 9.95. The Morgan fingerprint density at radius 1 is 1.26 bits per heavy atom. The second kappa shape index (κ2) is 6.99. The van der Waals surface area contributed by atoms with E-state index in [0.717, 1.165) is 0 Å². The highest BCUT2D eigenvalue weighted by molar-refractivity contribution is 6.74. The number of nitrogens with one attached hydrogen (secondary N) is 1. The summed E-state index contributed by atoms with van der Waals surface area (Å²) in [5.74, 6) is -1.21. The molecule has 0 spiro atoms. The van der Waals surface area contributed by atoms with E-state index in [1.165, 1.54) is 4.90 Å². The van der Waals surface area contributed by atoms with Gasteiger partial charge in [-0.25, -0.2) is 0 Å². The van der Waals surface area contributed by atoms with E-state index in [9.17, 15) is 14.4 Å². The number of likely N-dealkylation sites (tertiary alicyclic amines) is 1. The molecule has 0 aromatic rings. The van der Waals surface area contributed by atoms with Gasteiger partial charge >= 0.3 is 0 Å². The Morgan fingerprint density at radius 3 is 2.22 bits per heavy atom. The summed E-state index contributed by atoms with van der Waals surface area (Å²) in [6, 6.07) is -0.297. The fourth-order valence-corrected chi connectivity index (χ4v) is 5.26. The average molecular weight is 397 g/mol. The summed E-state index contributed by atoms with van der Waals surface area (Å²) in [5.41, 5.74) is -0.463. The predicted octanol–water partition coefficient (Wildman–Crippen LogP) is 3.08. The summed E-state index contributed by atoms with van der Waals surface area (Å²) >= 11 is 0. The van der Waals surface area contributed by atoms with Gasteiger partial charge in [0.05, 0.1) is 24.0 Å². The van der Waals surface area contributed by atoms with Crippen LogP contribution in [-0.2, 0) is 18.8 Å². The molecule has 2 rings (SSSR count). The Bertz CT molecular complexity index is 638. The summed E-state index contributed by atoms with van der Waals surface area (Å²) in [7, 11) is -2.02. The van der Waals surface area contributed by atoms with Crippen LogP contribution in [0.3, 0.4) is 0 Å². The molecule has 0 aliphatic carbocycles. The molecule has 3 amide bonds. The number of hydrogen-bond acceptors (Lipinski definition) is 4. The van der Waals surface area contributed by atoms with Gasteiger partial charge in [-0.2, -0.15) is 0 Å². The lowest BCUT2D eigenvalue weighted by Gasteiger charge is -2.47. The third-order valence-electron chi connectivity index (χ3n) is 6.74. The van der Waals surface area contributed by atoms with Crippen molar-refractivity contribution in [2.75, 3.05) is 0 Å². The summed E-state index contributed by atoms with van der Waals surface area (Å²) in [5, 5.41) is 2.93. The fourth-order valence-electron chi connectivity index (χ4n) is 3.83. The van der Waals surface area contributed by atoms with Crippen LogP contribution in [0.2, 0.25) is 18.1 Å². The minimum absolute atomic E-state index is 0.0460. The van der Waals surface area contributed by atoms with Crippen LogP contribution in [-0.4, -0.2) is 48.6 Å². The number of amides is 3. The molecule has 0 bridgehead atoms. The Labute approximate surface area is 164 Å². The lowest BCUT2D eigenvalue weighted by atomic mass is 9.78. The van der Waals surface area contributed by atoms with Crippen LogP contribution in [0, 0.1) is 11.8 Å². The molecule has 6 nitrogen and oxygen atoms in total. The number of rotatable bonds is 5. The SMILES string of the molecule is C[C@@H](O[Si](C)(C)C(C)(C)C)[C@H]1C(=O)N[C@H]1[C@@H](C)C(=O)N1C(=O)CCC1(C)C. The van der Waals surface area contributed by atoms with Gasteiger partial charge in [0.1, 0.15) is 0 Å². The summed E-state index contributed by atoms with van der Waals surface area (Å²) in [4.78, 5) is 39.0. The van der Waals surface area contributed by atoms with Gasteiger partial charge in [0.25, 0.3) is 0 Å². The van der Waals surface area contributed by atoms with Crippen LogP contribution in [0.4, 0.5) is 0 Å². The lowest BCUT2D eigenvalue weighted by molar-refractivity contribution is -0.153. The molecule has 0 aromatic carbocycles. The molecule has 2 heterocycles. The summed E-state index contributed by atoms with van der Waals surface area (Å²) in [6.07, 6.45) is 0.814. The maximum absolute atomic E-state index is 13.0. The predicted molar refractivity (Wildman–Crippen MR) is 107 cm³/mol. The Morgan fingerprint density at radius 2 is 1.81 bits per heavy atom. The Kier molecular flexibility index (Phi) is 5.72. The molecule has 2 saturated heterocycles. The second-order valence-electron chi connectivity index (χ2n) is 10.3. The number of β-lactam (4-membered cyclic amide) rings is 1. The normalized spacial score (nSPS) is 27.8. The van der Waals surface area contributed by atoms with Crippen LogP contribution in [0.1, 0.15) is 61.3 Å². The minimum atomic E-state index is -2.02. The first-order valence-corrected chi connectivity index (χ1v) is 12.9. The van der Waals surface area contributed by atoms with Crippen molar-refractivity contribution in [3.63, 3.8) is 0 Å². The van der Waals surface area contributed by atoms with E-state index in [1.54, 1.807) is 6.92 Å². The maximum Gasteiger partial charge on any atom is 0.234 e. The van der Waals surface area contributed by atoms with E-state index in [4.69, 9.17) is 4.43 Å². The van der Waals surface area contributed by atoms with Gasteiger partial charge in [-0.15, -0.1) is 0 Å². The number of imide groups is 1. The van der Waals surface area contributed by atoms with E-state index in [2.05, 4.69) is 39.2 Å². The zero-order valence-electron chi connectivity index (χ0n) is 18.3. The number of nitrogens with zero attached hydrogens (tertiary/aromatic N) is 1. The van der Waals surface area contributed by atoms with Crippen molar-refractivity contribution in [1.29, 1.82) is 0 Å². The maximum atomic E-state index is 13.0. The van der Waals surface area contributed by atoms with Crippen LogP contribution >= 0.6 is 0 Å². The first kappa shape index (κ1) is 22.1. The quantitative estimate of drug-likeness (QED) is 0.572. The second-order valence-corrected chi connectivity index (χ2v) is 15.1. The monoisotopic (exact) mass is 396 g/mol. The topological polar surface area (TPSA) is 75.7 Å². The lowest BCUT2D eigenvalue weighted by Crippen LogP contribution is -2.68. The zero-order chi connectivity index (χ0) is 20.9. The number of hydrogen-bond donors (Lipinski definition) is 1. The van der Waals surface area contributed by atoms with Crippen molar-refractivity contribution >= 4 is 26.0 Å². The molecular formula is C20H36N2O4Si. The van der Waals surface area contributed by atoms with Crippen LogP contribution in [0.15, 0.2) is 0 Å². The van der Waals surface area contributed by atoms with E-state index in [1.807, 2.05) is 20.8 Å². The average Bonchev–Trinajstić information content (AvgIpc) is 2.74. The van der Waals surface area contributed by atoms with Crippen LogP contribution in [0.5, 0.6) is 0 Å². The molecule has 2 fully saturated rings. The molecule has 0 unspecified atom stereocenters. The van der Waals surface area contributed by atoms with Crippen molar-refractivity contribution in [2.45, 2.75) is 97.1 Å². The smallest absolute Gasteiger partial charge is 0.234 e. The molecule has 4 atom stereocenters.